The third-order valence-corrected chi connectivity index (χ3v) is 5.90. The molecule has 2 heterocycles. The Hall–Kier alpha value is -2.89. The lowest BCUT2D eigenvalue weighted by molar-refractivity contribution is -0.125. The number of nitrogens with zero attached hydrogens (tertiary/aromatic N) is 3. The largest absolute Gasteiger partial charge is 0.436 e. The second kappa shape index (κ2) is 10.2. The third-order valence-electron chi connectivity index (χ3n) is 5.90. The molecule has 30 heavy (non-hydrogen) atoms. The molecule has 0 saturated carbocycles. The van der Waals surface area contributed by atoms with E-state index in [1.54, 1.807) is 12.4 Å². The minimum absolute atomic E-state index is 0.0664. The van der Waals surface area contributed by atoms with E-state index in [0.29, 0.717) is 5.88 Å². The van der Waals surface area contributed by atoms with Crippen LogP contribution in [0.5, 0.6) is 11.6 Å². The van der Waals surface area contributed by atoms with E-state index in [4.69, 9.17) is 4.74 Å². The van der Waals surface area contributed by atoms with Crippen LogP contribution in [0.3, 0.4) is 0 Å². The molecule has 158 valence electrons. The van der Waals surface area contributed by atoms with E-state index in [1.807, 2.05) is 30.3 Å². The van der Waals surface area contributed by atoms with Crippen LogP contribution in [0, 0.1) is 5.92 Å². The van der Waals surface area contributed by atoms with Crippen LogP contribution >= 0.6 is 0 Å². The zero-order valence-corrected chi connectivity index (χ0v) is 17.4. The number of anilines is 1. The van der Waals surface area contributed by atoms with Crippen molar-refractivity contribution in [2.75, 3.05) is 24.5 Å². The highest BCUT2D eigenvalue weighted by atomic mass is 16.5. The number of benzene rings is 1. The number of piperidine rings is 1. The number of hydrogen-bond acceptors (Lipinski definition) is 5. The summed E-state index contributed by atoms with van der Waals surface area (Å²) in [6.45, 7) is 2.30. The number of carbonyl (C=O) groups excluding carboxylic acids is 1. The number of para-hydroxylation sites is 1. The lowest BCUT2D eigenvalue weighted by Gasteiger charge is -2.32. The number of amides is 1. The summed E-state index contributed by atoms with van der Waals surface area (Å²) >= 11 is 0. The molecule has 0 atom stereocenters. The lowest BCUT2D eigenvalue weighted by atomic mass is 9.95. The molecule has 1 aromatic heterocycles. The average molecular weight is 407 g/mol. The molecule has 1 aromatic carbocycles. The van der Waals surface area contributed by atoms with Crippen LogP contribution in [0.4, 0.5) is 5.82 Å². The molecule has 1 amide bonds. The minimum atomic E-state index is 0.0664. The summed E-state index contributed by atoms with van der Waals surface area (Å²) in [4.78, 5) is 23.6. The predicted molar refractivity (Wildman–Crippen MR) is 118 cm³/mol. The number of ether oxygens (including phenoxy) is 1. The molecule has 0 unspecified atom stereocenters. The van der Waals surface area contributed by atoms with E-state index >= 15 is 0 Å². The second-order valence-electron chi connectivity index (χ2n) is 8.01. The van der Waals surface area contributed by atoms with E-state index in [-0.39, 0.29) is 11.8 Å². The normalized spacial score (nSPS) is 17.3. The maximum atomic E-state index is 12.6. The zero-order chi connectivity index (χ0) is 20.6. The highest BCUT2D eigenvalue weighted by Crippen LogP contribution is 2.31. The standard InChI is InChI=1S/C24H30N4O2/c29-23(26-14-11-19-7-3-1-4-8-19)20-12-17-28(18-13-20)22-24(27-16-15-25-22)30-21-9-5-2-6-10-21/h2,5-7,9-10,15-16,20H,1,3-4,8,11-14,17-18H2,(H,26,29). The molecule has 1 aliphatic carbocycles. The summed E-state index contributed by atoms with van der Waals surface area (Å²) < 4.78 is 5.95. The molecule has 1 fully saturated rings. The lowest BCUT2D eigenvalue weighted by Crippen LogP contribution is -2.41. The van der Waals surface area contributed by atoms with Crippen LogP contribution in [0.2, 0.25) is 0 Å². The number of aromatic nitrogens is 2. The Morgan fingerprint density at radius 3 is 2.67 bits per heavy atom. The molecule has 2 aliphatic rings. The maximum Gasteiger partial charge on any atom is 0.263 e. The fourth-order valence-electron chi connectivity index (χ4n) is 4.18. The number of hydrogen-bond donors (Lipinski definition) is 1. The van der Waals surface area contributed by atoms with Gasteiger partial charge in [0.25, 0.3) is 5.88 Å². The van der Waals surface area contributed by atoms with Gasteiger partial charge in [-0.3, -0.25) is 4.79 Å². The Morgan fingerprint density at radius 1 is 1.10 bits per heavy atom. The molecule has 2 aromatic rings. The highest BCUT2D eigenvalue weighted by Gasteiger charge is 2.27. The Labute approximate surface area is 178 Å². The fraction of sp³-hybridized carbons (Fsp3) is 0.458. The molecule has 1 aliphatic heterocycles. The van der Waals surface area contributed by atoms with Crippen molar-refractivity contribution in [3.8, 4) is 11.6 Å². The topological polar surface area (TPSA) is 67.4 Å². The molecule has 4 rings (SSSR count). The fourth-order valence-corrected chi connectivity index (χ4v) is 4.18. The van der Waals surface area contributed by atoms with Crippen molar-refractivity contribution in [3.05, 3.63) is 54.4 Å². The van der Waals surface area contributed by atoms with E-state index in [1.165, 1.54) is 31.3 Å². The van der Waals surface area contributed by atoms with Gasteiger partial charge in [0.2, 0.25) is 5.91 Å². The Balaban J connectivity index is 1.28. The van der Waals surface area contributed by atoms with Gasteiger partial charge in [0.1, 0.15) is 5.75 Å². The summed E-state index contributed by atoms with van der Waals surface area (Å²) in [5.74, 6) is 2.24. The van der Waals surface area contributed by atoms with Crippen LogP contribution in [0.1, 0.15) is 44.9 Å². The molecule has 0 bridgehead atoms. The van der Waals surface area contributed by atoms with Crippen molar-refractivity contribution in [1.29, 1.82) is 0 Å². The number of allylic oxidation sites excluding steroid dienone is 1. The zero-order valence-electron chi connectivity index (χ0n) is 17.4. The molecule has 1 N–H and O–H groups in total. The van der Waals surface area contributed by atoms with Crippen molar-refractivity contribution in [3.63, 3.8) is 0 Å². The van der Waals surface area contributed by atoms with Gasteiger partial charge < -0.3 is 15.0 Å². The first kappa shape index (κ1) is 20.4. The van der Waals surface area contributed by atoms with Gasteiger partial charge in [0.15, 0.2) is 5.82 Å². The SMILES string of the molecule is O=C(NCCC1=CCCCC1)C1CCN(c2nccnc2Oc2ccccc2)CC1. The Kier molecular flexibility index (Phi) is 6.95. The first-order valence-corrected chi connectivity index (χ1v) is 11.0. The van der Waals surface area contributed by atoms with Crippen LogP contribution in [0.15, 0.2) is 54.4 Å². The monoisotopic (exact) mass is 406 g/mol. The predicted octanol–water partition coefficient (Wildman–Crippen LogP) is 4.49. The highest BCUT2D eigenvalue weighted by molar-refractivity contribution is 5.79. The van der Waals surface area contributed by atoms with Gasteiger partial charge in [-0.25, -0.2) is 9.97 Å². The Bertz CT molecular complexity index is 861. The summed E-state index contributed by atoms with van der Waals surface area (Å²) in [7, 11) is 0. The van der Waals surface area contributed by atoms with E-state index < -0.39 is 0 Å². The summed E-state index contributed by atoms with van der Waals surface area (Å²) in [5, 5.41) is 3.15. The van der Waals surface area contributed by atoms with Gasteiger partial charge in [-0.1, -0.05) is 29.8 Å². The van der Waals surface area contributed by atoms with E-state index in [9.17, 15) is 4.79 Å². The van der Waals surface area contributed by atoms with E-state index in [0.717, 1.165) is 50.5 Å². The summed E-state index contributed by atoms with van der Waals surface area (Å²) in [5.41, 5.74) is 1.50. The van der Waals surface area contributed by atoms with Crippen molar-refractivity contribution in [1.82, 2.24) is 15.3 Å². The van der Waals surface area contributed by atoms with Crippen molar-refractivity contribution in [2.24, 2.45) is 5.92 Å². The molecule has 6 heteroatoms. The molecule has 0 radical (unpaired) electrons. The smallest absolute Gasteiger partial charge is 0.263 e. The number of nitrogens with one attached hydrogen (secondary N) is 1. The van der Waals surface area contributed by atoms with E-state index in [2.05, 4.69) is 26.3 Å². The second-order valence-corrected chi connectivity index (χ2v) is 8.01. The molecule has 0 spiro atoms. The van der Waals surface area contributed by atoms with Gasteiger partial charge in [-0.15, -0.1) is 0 Å². The number of rotatable bonds is 7. The third kappa shape index (κ3) is 5.38. The quantitative estimate of drug-likeness (QED) is 0.686. The van der Waals surface area contributed by atoms with Gasteiger partial charge in [-0.2, -0.15) is 0 Å². The van der Waals surface area contributed by atoms with Crippen LogP contribution in [0.25, 0.3) is 0 Å². The first-order valence-electron chi connectivity index (χ1n) is 11.0. The van der Waals surface area contributed by atoms with Gasteiger partial charge >= 0.3 is 0 Å². The van der Waals surface area contributed by atoms with Gasteiger partial charge in [-0.05, 0) is 57.1 Å². The van der Waals surface area contributed by atoms with Crippen LogP contribution < -0.4 is 15.0 Å². The van der Waals surface area contributed by atoms with Crippen LogP contribution in [-0.4, -0.2) is 35.5 Å². The molecular weight excluding hydrogens is 376 g/mol. The average Bonchev–Trinajstić information content (AvgIpc) is 2.81. The van der Waals surface area contributed by atoms with Gasteiger partial charge in [0, 0.05) is 37.9 Å². The first-order chi connectivity index (χ1) is 14.8. The molecule has 1 saturated heterocycles. The van der Waals surface area contributed by atoms with Crippen molar-refractivity contribution < 1.29 is 9.53 Å². The van der Waals surface area contributed by atoms with Crippen molar-refractivity contribution >= 4 is 11.7 Å². The molecule has 6 nitrogen and oxygen atoms in total. The molecular formula is C24H30N4O2. The maximum absolute atomic E-state index is 12.6. The summed E-state index contributed by atoms with van der Waals surface area (Å²) in [6.07, 6.45) is 13.3. The Morgan fingerprint density at radius 2 is 1.90 bits per heavy atom. The minimum Gasteiger partial charge on any atom is -0.436 e. The van der Waals surface area contributed by atoms with Crippen LogP contribution in [-0.2, 0) is 4.79 Å². The van der Waals surface area contributed by atoms with Crippen molar-refractivity contribution in [2.45, 2.75) is 44.9 Å². The summed E-state index contributed by atoms with van der Waals surface area (Å²) in [6, 6.07) is 9.61. The van der Waals surface area contributed by atoms with Gasteiger partial charge in [0.05, 0.1) is 0 Å². The number of carbonyl (C=O) groups is 1.